The molecule has 0 radical (unpaired) electrons. The molecule has 1 N–H and O–H groups in total. The van der Waals surface area contributed by atoms with Crippen molar-refractivity contribution in [1.82, 2.24) is 10.2 Å². The van der Waals surface area contributed by atoms with Crippen LogP contribution >= 0.6 is 0 Å². The molecule has 6 heteroatoms. The number of ether oxygens (including phenoxy) is 2. The molecule has 1 aromatic rings. The fraction of sp³-hybridized carbons (Fsp3) is 0.286. The second kappa shape index (κ2) is 2.89. The van der Waals surface area contributed by atoms with Crippen LogP contribution in [-0.2, 0) is 0 Å². The molecule has 6 nitrogen and oxygen atoms in total. The third-order valence-corrected chi connectivity index (χ3v) is 1.53. The maximum atomic E-state index is 10.5. The number of carbonyl (C=O) groups is 1. The molecule has 0 bridgehead atoms. The van der Waals surface area contributed by atoms with Crippen molar-refractivity contribution in [1.29, 1.82) is 0 Å². The molecule has 0 amide bonds. The highest BCUT2D eigenvalue weighted by molar-refractivity contribution is 5.85. The van der Waals surface area contributed by atoms with Gasteiger partial charge in [0, 0.05) is 6.07 Å². The van der Waals surface area contributed by atoms with Crippen molar-refractivity contribution in [2.24, 2.45) is 0 Å². The number of hydrogen-bond acceptors (Lipinski definition) is 5. The summed E-state index contributed by atoms with van der Waals surface area (Å²) in [5.74, 6) is -0.556. The maximum absolute atomic E-state index is 10.5. The number of aromatic carboxylic acids is 1. The summed E-state index contributed by atoms with van der Waals surface area (Å²) in [5, 5.41) is 15.6. The average molecular weight is 182 g/mol. The van der Waals surface area contributed by atoms with Crippen LogP contribution in [0.4, 0.5) is 0 Å². The second-order valence-electron chi connectivity index (χ2n) is 2.40. The molecule has 68 valence electrons. The van der Waals surface area contributed by atoms with Gasteiger partial charge < -0.3 is 14.6 Å². The van der Waals surface area contributed by atoms with Crippen LogP contribution < -0.4 is 9.47 Å². The van der Waals surface area contributed by atoms with Crippen LogP contribution in [0.3, 0.4) is 0 Å². The molecule has 2 heterocycles. The highest BCUT2D eigenvalue weighted by atomic mass is 16.6. The van der Waals surface area contributed by atoms with Gasteiger partial charge in [-0.05, 0) is 0 Å². The Morgan fingerprint density at radius 3 is 2.92 bits per heavy atom. The smallest absolute Gasteiger partial charge is 0.356 e. The Balaban J connectivity index is 2.40. The number of carboxylic acid groups (broad SMARTS) is 1. The number of nitrogens with zero attached hydrogens (tertiary/aromatic N) is 2. The lowest BCUT2D eigenvalue weighted by Crippen LogP contribution is -2.18. The van der Waals surface area contributed by atoms with Crippen LogP contribution in [-0.4, -0.2) is 34.5 Å². The average Bonchev–Trinajstić information content (AvgIpc) is 2.17. The number of carboxylic acids is 1. The zero-order valence-electron chi connectivity index (χ0n) is 6.56. The summed E-state index contributed by atoms with van der Waals surface area (Å²) >= 11 is 0. The summed E-state index contributed by atoms with van der Waals surface area (Å²) in [6, 6.07) is 1.30. The lowest BCUT2D eigenvalue weighted by molar-refractivity contribution is 0.0686. The Kier molecular flexibility index (Phi) is 1.73. The lowest BCUT2D eigenvalue weighted by atomic mass is 10.3. The third kappa shape index (κ3) is 1.37. The predicted octanol–water partition coefficient (Wildman–Crippen LogP) is -0.0540. The molecule has 0 saturated heterocycles. The lowest BCUT2D eigenvalue weighted by Gasteiger charge is -2.15. The molecule has 0 aliphatic carbocycles. The molecular formula is C7H6N2O4. The topological polar surface area (TPSA) is 81.5 Å². The van der Waals surface area contributed by atoms with Crippen molar-refractivity contribution in [2.45, 2.75) is 0 Å². The van der Waals surface area contributed by atoms with Gasteiger partial charge in [-0.3, -0.25) is 0 Å². The minimum Gasteiger partial charge on any atom is -0.484 e. The van der Waals surface area contributed by atoms with Crippen LogP contribution in [0.25, 0.3) is 0 Å². The largest absolute Gasteiger partial charge is 0.484 e. The van der Waals surface area contributed by atoms with E-state index in [0.717, 1.165) is 0 Å². The molecule has 13 heavy (non-hydrogen) atoms. The van der Waals surface area contributed by atoms with Crippen LogP contribution in [0.2, 0.25) is 0 Å². The molecule has 0 aromatic carbocycles. The van der Waals surface area contributed by atoms with Gasteiger partial charge in [-0.2, -0.15) is 0 Å². The first-order valence-electron chi connectivity index (χ1n) is 3.64. The third-order valence-electron chi connectivity index (χ3n) is 1.53. The van der Waals surface area contributed by atoms with E-state index in [1.54, 1.807) is 0 Å². The quantitative estimate of drug-likeness (QED) is 0.655. The van der Waals surface area contributed by atoms with Gasteiger partial charge in [-0.25, -0.2) is 4.79 Å². The Labute approximate surface area is 73.1 Å². The van der Waals surface area contributed by atoms with E-state index in [0.29, 0.717) is 19.0 Å². The van der Waals surface area contributed by atoms with Crippen molar-refractivity contribution >= 4 is 5.97 Å². The Hall–Kier alpha value is -1.85. The first-order valence-corrected chi connectivity index (χ1v) is 3.64. The number of fused-ring (bicyclic) bond motifs is 1. The van der Waals surface area contributed by atoms with Gasteiger partial charge in [0.25, 0.3) is 5.88 Å². The van der Waals surface area contributed by atoms with Crippen LogP contribution in [0.1, 0.15) is 10.5 Å². The molecule has 0 fully saturated rings. The van der Waals surface area contributed by atoms with Crippen molar-refractivity contribution in [3.05, 3.63) is 11.8 Å². The highest BCUT2D eigenvalue weighted by Gasteiger charge is 2.16. The fourth-order valence-corrected chi connectivity index (χ4v) is 0.961. The normalized spacial score (nSPS) is 13.8. The summed E-state index contributed by atoms with van der Waals surface area (Å²) in [4.78, 5) is 10.5. The van der Waals surface area contributed by atoms with Crippen molar-refractivity contribution in [3.63, 3.8) is 0 Å². The maximum Gasteiger partial charge on any atom is 0.356 e. The van der Waals surface area contributed by atoms with Crippen molar-refractivity contribution in [2.75, 3.05) is 13.2 Å². The Bertz CT molecular complexity index is 352. The predicted molar refractivity (Wildman–Crippen MR) is 40.0 cm³/mol. The SMILES string of the molecule is O=C(O)c1cc2c(nn1)OCCO2. The van der Waals surface area contributed by atoms with Crippen molar-refractivity contribution in [3.8, 4) is 11.6 Å². The van der Waals surface area contributed by atoms with E-state index < -0.39 is 5.97 Å². The van der Waals surface area contributed by atoms with Crippen LogP contribution in [0, 0.1) is 0 Å². The van der Waals surface area contributed by atoms with E-state index >= 15 is 0 Å². The Morgan fingerprint density at radius 1 is 1.38 bits per heavy atom. The summed E-state index contributed by atoms with van der Waals surface area (Å²) in [6.07, 6.45) is 0. The minimum absolute atomic E-state index is 0.149. The van der Waals surface area contributed by atoms with Crippen LogP contribution in [0.15, 0.2) is 6.07 Å². The van der Waals surface area contributed by atoms with Gasteiger partial charge in [-0.1, -0.05) is 0 Å². The standard InChI is InChI=1S/C7H6N2O4/c10-7(11)4-3-5-6(9-8-4)13-2-1-12-5/h3H,1-2H2,(H,10,11). The van der Waals surface area contributed by atoms with Gasteiger partial charge in [-0.15, -0.1) is 10.2 Å². The molecule has 2 rings (SSSR count). The van der Waals surface area contributed by atoms with Gasteiger partial charge in [0.15, 0.2) is 11.4 Å². The highest BCUT2D eigenvalue weighted by Crippen LogP contribution is 2.26. The van der Waals surface area contributed by atoms with E-state index in [1.165, 1.54) is 6.07 Å². The first kappa shape index (κ1) is 7.78. The summed E-state index contributed by atoms with van der Waals surface area (Å²) < 4.78 is 10.2. The summed E-state index contributed by atoms with van der Waals surface area (Å²) in [5.41, 5.74) is -0.149. The summed E-state index contributed by atoms with van der Waals surface area (Å²) in [7, 11) is 0. The van der Waals surface area contributed by atoms with Gasteiger partial charge >= 0.3 is 5.97 Å². The molecule has 0 spiro atoms. The van der Waals surface area contributed by atoms with E-state index in [-0.39, 0.29) is 11.6 Å². The van der Waals surface area contributed by atoms with Crippen molar-refractivity contribution < 1.29 is 19.4 Å². The molecule has 1 aliphatic rings. The van der Waals surface area contributed by atoms with E-state index in [2.05, 4.69) is 10.2 Å². The van der Waals surface area contributed by atoms with E-state index in [4.69, 9.17) is 14.6 Å². The van der Waals surface area contributed by atoms with Crippen LogP contribution in [0.5, 0.6) is 11.6 Å². The number of hydrogen-bond donors (Lipinski definition) is 1. The van der Waals surface area contributed by atoms with E-state index in [9.17, 15) is 4.79 Å². The minimum atomic E-state index is -1.13. The van der Waals surface area contributed by atoms with Gasteiger partial charge in [0.2, 0.25) is 0 Å². The molecule has 0 unspecified atom stereocenters. The molecule has 0 saturated carbocycles. The fourth-order valence-electron chi connectivity index (χ4n) is 0.961. The number of aromatic nitrogens is 2. The van der Waals surface area contributed by atoms with E-state index in [1.807, 2.05) is 0 Å². The molecule has 1 aromatic heterocycles. The second-order valence-corrected chi connectivity index (χ2v) is 2.40. The molecular weight excluding hydrogens is 176 g/mol. The zero-order valence-corrected chi connectivity index (χ0v) is 6.56. The molecule has 0 atom stereocenters. The first-order chi connectivity index (χ1) is 6.27. The monoisotopic (exact) mass is 182 g/mol. The number of rotatable bonds is 1. The molecule has 1 aliphatic heterocycles. The van der Waals surface area contributed by atoms with Gasteiger partial charge in [0.1, 0.15) is 13.2 Å². The van der Waals surface area contributed by atoms with Gasteiger partial charge in [0.05, 0.1) is 0 Å². The Morgan fingerprint density at radius 2 is 2.15 bits per heavy atom. The zero-order chi connectivity index (χ0) is 9.26. The summed E-state index contributed by atoms with van der Waals surface area (Å²) in [6.45, 7) is 0.811.